The lowest BCUT2D eigenvalue weighted by Crippen LogP contribution is -2.20. The largest absolute Gasteiger partial charge is 0.465 e. The molecule has 0 heterocycles. The van der Waals surface area contributed by atoms with Gasteiger partial charge in [0.15, 0.2) is 6.29 Å². The van der Waals surface area contributed by atoms with Gasteiger partial charge in [-0.15, -0.1) is 0 Å². The minimum absolute atomic E-state index is 0.217. The van der Waals surface area contributed by atoms with Gasteiger partial charge in [-0.3, -0.25) is 0 Å². The molecule has 2 N–H and O–H groups in total. The molecule has 0 aliphatic heterocycles. The molecule has 0 bridgehead atoms. The number of ether oxygens (including phenoxy) is 1. The Morgan fingerprint density at radius 2 is 1.85 bits per heavy atom. The first kappa shape index (κ1) is 10.0. The van der Waals surface area contributed by atoms with Crippen LogP contribution in [-0.2, 0) is 0 Å². The van der Waals surface area contributed by atoms with Gasteiger partial charge < -0.3 is 14.9 Å². The summed E-state index contributed by atoms with van der Waals surface area (Å²) in [5.74, 6) is 0.607. The fraction of sp³-hybridized carbons (Fsp3) is 0.400. The second kappa shape index (κ2) is 4.84. The normalized spacial score (nSPS) is 15.0. The van der Waals surface area contributed by atoms with Crippen molar-refractivity contribution in [1.29, 1.82) is 0 Å². The summed E-state index contributed by atoms with van der Waals surface area (Å²) in [5, 5.41) is 18.3. The number of rotatable bonds is 4. The smallest absolute Gasteiger partial charge is 0.199 e. The van der Waals surface area contributed by atoms with E-state index in [4.69, 9.17) is 9.84 Å². The minimum atomic E-state index is -0.942. The van der Waals surface area contributed by atoms with Crippen LogP contribution in [0, 0.1) is 0 Å². The van der Waals surface area contributed by atoms with E-state index in [0.717, 1.165) is 0 Å². The number of hydrogen-bond donors (Lipinski definition) is 2. The Balaban J connectivity index is 2.41. The van der Waals surface area contributed by atoms with E-state index < -0.39 is 12.4 Å². The number of aliphatic hydroxyl groups is 2. The third kappa shape index (κ3) is 3.92. The molecule has 3 nitrogen and oxygen atoms in total. The van der Waals surface area contributed by atoms with Gasteiger partial charge in [-0.25, -0.2) is 0 Å². The van der Waals surface area contributed by atoms with Crippen molar-refractivity contribution in [2.75, 3.05) is 0 Å². The van der Waals surface area contributed by atoms with Crippen LogP contribution in [0.15, 0.2) is 30.3 Å². The predicted molar refractivity (Wildman–Crippen MR) is 49.4 cm³/mol. The van der Waals surface area contributed by atoms with Crippen molar-refractivity contribution in [3.63, 3.8) is 0 Å². The molecule has 1 aromatic carbocycles. The van der Waals surface area contributed by atoms with Crippen LogP contribution in [0.4, 0.5) is 0 Å². The lowest BCUT2D eigenvalue weighted by molar-refractivity contribution is -0.0470. The standard InChI is InChI=1S/C10H14O3/c1-8(11)7-10(12)13-9-5-3-2-4-6-9/h2-6,8,10-12H,7H2,1H3. The van der Waals surface area contributed by atoms with Gasteiger partial charge >= 0.3 is 0 Å². The number of hydrogen-bond acceptors (Lipinski definition) is 3. The average Bonchev–Trinajstić information content (AvgIpc) is 2.04. The molecule has 2 unspecified atom stereocenters. The van der Waals surface area contributed by atoms with Gasteiger partial charge in [0.1, 0.15) is 5.75 Å². The number of para-hydroxylation sites is 1. The van der Waals surface area contributed by atoms with Gasteiger partial charge in [0, 0.05) is 6.42 Å². The van der Waals surface area contributed by atoms with E-state index in [1.54, 1.807) is 19.1 Å². The first-order valence-electron chi connectivity index (χ1n) is 4.26. The van der Waals surface area contributed by atoms with E-state index in [1.165, 1.54) is 0 Å². The molecule has 0 saturated carbocycles. The highest BCUT2D eigenvalue weighted by atomic mass is 16.6. The van der Waals surface area contributed by atoms with Crippen LogP contribution in [-0.4, -0.2) is 22.6 Å². The molecule has 0 spiro atoms. The van der Waals surface area contributed by atoms with E-state index >= 15 is 0 Å². The Hall–Kier alpha value is -1.06. The lowest BCUT2D eigenvalue weighted by Gasteiger charge is -2.14. The van der Waals surface area contributed by atoms with Crippen molar-refractivity contribution in [1.82, 2.24) is 0 Å². The number of benzene rings is 1. The molecule has 1 rings (SSSR count). The van der Waals surface area contributed by atoms with E-state index in [-0.39, 0.29) is 6.42 Å². The van der Waals surface area contributed by atoms with Gasteiger partial charge in [0.2, 0.25) is 0 Å². The molecule has 0 amide bonds. The van der Waals surface area contributed by atoms with E-state index in [9.17, 15) is 5.11 Å². The zero-order valence-corrected chi connectivity index (χ0v) is 7.55. The monoisotopic (exact) mass is 182 g/mol. The van der Waals surface area contributed by atoms with Crippen molar-refractivity contribution in [2.24, 2.45) is 0 Å². The first-order valence-corrected chi connectivity index (χ1v) is 4.26. The quantitative estimate of drug-likeness (QED) is 0.687. The second-order valence-corrected chi connectivity index (χ2v) is 2.97. The minimum Gasteiger partial charge on any atom is -0.465 e. The van der Waals surface area contributed by atoms with Gasteiger partial charge in [-0.05, 0) is 19.1 Å². The maximum Gasteiger partial charge on any atom is 0.199 e. The first-order chi connectivity index (χ1) is 6.18. The summed E-state index contributed by atoms with van der Waals surface area (Å²) in [6.45, 7) is 1.61. The van der Waals surface area contributed by atoms with Crippen molar-refractivity contribution >= 4 is 0 Å². The van der Waals surface area contributed by atoms with Crippen LogP contribution in [0.2, 0.25) is 0 Å². The summed E-state index contributed by atoms with van der Waals surface area (Å²) in [4.78, 5) is 0. The van der Waals surface area contributed by atoms with Crippen molar-refractivity contribution in [2.45, 2.75) is 25.7 Å². The molecule has 1 aromatic rings. The molecular formula is C10H14O3. The van der Waals surface area contributed by atoms with E-state index in [1.807, 2.05) is 18.2 Å². The Bertz CT molecular complexity index is 233. The Morgan fingerprint density at radius 1 is 1.23 bits per heavy atom. The fourth-order valence-corrected chi connectivity index (χ4v) is 0.996. The van der Waals surface area contributed by atoms with Crippen LogP contribution < -0.4 is 4.74 Å². The summed E-state index contributed by atoms with van der Waals surface area (Å²) in [6, 6.07) is 9.03. The third-order valence-corrected chi connectivity index (χ3v) is 1.56. The molecule has 0 fully saturated rings. The van der Waals surface area contributed by atoms with Gasteiger partial charge in [0.05, 0.1) is 6.10 Å². The summed E-state index contributed by atoms with van der Waals surface area (Å²) >= 11 is 0. The van der Waals surface area contributed by atoms with Crippen molar-refractivity contribution < 1.29 is 14.9 Å². The highest BCUT2D eigenvalue weighted by Gasteiger charge is 2.08. The Labute approximate surface area is 77.6 Å². The Morgan fingerprint density at radius 3 is 2.38 bits per heavy atom. The molecule has 72 valence electrons. The van der Waals surface area contributed by atoms with Crippen LogP contribution in [0.5, 0.6) is 5.75 Å². The number of aliphatic hydroxyl groups excluding tert-OH is 2. The molecule has 0 radical (unpaired) electrons. The van der Waals surface area contributed by atoms with Crippen LogP contribution in [0.25, 0.3) is 0 Å². The Kier molecular flexibility index (Phi) is 3.73. The highest BCUT2D eigenvalue weighted by Crippen LogP contribution is 2.11. The van der Waals surface area contributed by atoms with E-state index in [2.05, 4.69) is 0 Å². The van der Waals surface area contributed by atoms with Crippen molar-refractivity contribution in [3.8, 4) is 5.75 Å². The molecule has 2 atom stereocenters. The maximum atomic E-state index is 9.29. The molecule has 3 heteroatoms. The second-order valence-electron chi connectivity index (χ2n) is 2.97. The summed E-state index contributed by atoms with van der Waals surface area (Å²) in [7, 11) is 0. The van der Waals surface area contributed by atoms with E-state index in [0.29, 0.717) is 5.75 Å². The van der Waals surface area contributed by atoms with Crippen LogP contribution in [0.3, 0.4) is 0 Å². The third-order valence-electron chi connectivity index (χ3n) is 1.56. The molecule has 0 saturated heterocycles. The van der Waals surface area contributed by atoms with Gasteiger partial charge in [-0.2, -0.15) is 0 Å². The average molecular weight is 182 g/mol. The summed E-state index contributed by atoms with van der Waals surface area (Å²) in [6.07, 6.45) is -1.28. The van der Waals surface area contributed by atoms with Crippen LogP contribution in [0.1, 0.15) is 13.3 Å². The predicted octanol–water partition coefficient (Wildman–Crippen LogP) is 1.15. The van der Waals surface area contributed by atoms with Crippen LogP contribution >= 0.6 is 0 Å². The van der Waals surface area contributed by atoms with Crippen molar-refractivity contribution in [3.05, 3.63) is 30.3 Å². The molecule has 0 aromatic heterocycles. The molecule has 0 aliphatic carbocycles. The highest BCUT2D eigenvalue weighted by molar-refractivity contribution is 5.20. The molecule has 13 heavy (non-hydrogen) atoms. The summed E-state index contributed by atoms with van der Waals surface area (Å²) < 4.78 is 5.12. The molecular weight excluding hydrogens is 168 g/mol. The zero-order valence-electron chi connectivity index (χ0n) is 7.55. The SMILES string of the molecule is CC(O)CC(O)Oc1ccccc1. The maximum absolute atomic E-state index is 9.29. The van der Waals surface area contributed by atoms with Gasteiger partial charge in [-0.1, -0.05) is 18.2 Å². The topological polar surface area (TPSA) is 49.7 Å². The fourth-order valence-electron chi connectivity index (χ4n) is 0.996. The van der Waals surface area contributed by atoms with Gasteiger partial charge in [0.25, 0.3) is 0 Å². The summed E-state index contributed by atoms with van der Waals surface area (Å²) in [5.41, 5.74) is 0. The zero-order chi connectivity index (χ0) is 9.68. The molecule has 0 aliphatic rings. The lowest BCUT2D eigenvalue weighted by atomic mass is 10.3.